The van der Waals surface area contributed by atoms with E-state index in [2.05, 4.69) is 43.0 Å². The van der Waals surface area contributed by atoms with Gasteiger partial charge in [-0.2, -0.15) is 0 Å². The zero-order chi connectivity index (χ0) is 26.2. The van der Waals surface area contributed by atoms with Gasteiger partial charge in [-0.15, -0.1) is 0 Å². The lowest BCUT2D eigenvalue weighted by molar-refractivity contribution is -0.304. The van der Waals surface area contributed by atoms with Crippen molar-refractivity contribution in [2.24, 2.45) is 17.3 Å². The van der Waals surface area contributed by atoms with Crippen LogP contribution in [0.25, 0.3) is 0 Å². The molecule has 2 N–H and O–H groups in total. The highest BCUT2D eigenvalue weighted by Crippen LogP contribution is 2.78. The summed E-state index contributed by atoms with van der Waals surface area (Å²) in [5.74, 6) is 1.67. The number of phenols is 1. The molecule has 7 aliphatic rings. The van der Waals surface area contributed by atoms with Gasteiger partial charge < -0.3 is 19.7 Å². The first-order valence-electron chi connectivity index (χ1n) is 14.8. The third kappa shape index (κ3) is 2.64. The minimum Gasteiger partial charge on any atom is -0.504 e. The number of hydrogen-bond donors (Lipinski definition) is 2. The van der Waals surface area contributed by atoms with Crippen LogP contribution in [0.4, 0.5) is 0 Å². The number of aliphatic hydroxyl groups is 1. The van der Waals surface area contributed by atoms with Gasteiger partial charge in [-0.05, 0) is 95.4 Å². The summed E-state index contributed by atoms with van der Waals surface area (Å²) in [6.07, 6.45) is 7.43. The van der Waals surface area contributed by atoms with Crippen LogP contribution in [0.15, 0.2) is 30.3 Å². The smallest absolute Gasteiger partial charge is 0.165 e. The fourth-order valence-electron chi connectivity index (χ4n) is 10.5. The van der Waals surface area contributed by atoms with E-state index >= 15 is 0 Å². The van der Waals surface area contributed by atoms with Crippen LogP contribution in [0.3, 0.4) is 0 Å². The Morgan fingerprint density at radius 1 is 1.11 bits per heavy atom. The number of piperidine rings is 1. The molecule has 38 heavy (non-hydrogen) atoms. The number of likely N-dealkylation sites (tertiary alicyclic amines) is 1. The van der Waals surface area contributed by atoms with Crippen molar-refractivity contribution >= 4 is 0 Å². The number of methoxy groups -OCH3 is 1. The van der Waals surface area contributed by atoms with E-state index in [0.29, 0.717) is 11.8 Å². The average molecular weight is 516 g/mol. The molecule has 7 atom stereocenters. The number of aryl methyl sites for hydroxylation is 2. The van der Waals surface area contributed by atoms with Crippen molar-refractivity contribution in [3.63, 3.8) is 0 Å². The third-order valence-corrected chi connectivity index (χ3v) is 12.1. The minimum atomic E-state index is -1.07. The number of phenolic OH excluding ortho intramolecular Hbond substituents is 1. The molecule has 2 aliphatic heterocycles. The van der Waals surface area contributed by atoms with E-state index in [0.717, 1.165) is 50.1 Å². The standard InChI is InChI=1S/C33H41NO4/c1-19-13-20(2)15-23(14-19)30(3,36)25-17-31-9-10-33(25,37-4)29-32(31)11-12-34(18-21-5-6-21)26(31)16-22-7-8-24(35)28(38-29)27(22)32/h7-8,13-15,21,25-26,29,35-36H,5-6,9-12,16-18H2,1-4H3/t25-,26?,29+,30-,31?,32+,33-/m1/s1. The molecule has 2 aromatic rings. The van der Waals surface area contributed by atoms with Crippen LogP contribution in [0.1, 0.15) is 73.3 Å². The summed E-state index contributed by atoms with van der Waals surface area (Å²) in [4.78, 5) is 2.82. The van der Waals surface area contributed by atoms with Crippen LogP contribution in [-0.2, 0) is 22.2 Å². The maximum atomic E-state index is 12.6. The first kappa shape index (κ1) is 23.8. The Kier molecular flexibility index (Phi) is 4.60. The molecule has 0 amide bonds. The quantitative estimate of drug-likeness (QED) is 0.577. The van der Waals surface area contributed by atoms with Gasteiger partial charge >= 0.3 is 0 Å². The van der Waals surface area contributed by atoms with Crippen LogP contribution in [0.5, 0.6) is 11.5 Å². The number of nitrogens with zero attached hydrogens (tertiary/aromatic N) is 1. The number of ether oxygens (including phenoxy) is 2. The summed E-state index contributed by atoms with van der Waals surface area (Å²) < 4.78 is 13.6. The number of benzene rings is 2. The van der Waals surface area contributed by atoms with Gasteiger partial charge in [0.2, 0.25) is 0 Å². The molecule has 2 spiro atoms. The first-order chi connectivity index (χ1) is 18.2. The Bertz CT molecular complexity index is 1330. The predicted molar refractivity (Wildman–Crippen MR) is 146 cm³/mol. The molecule has 4 bridgehead atoms. The Morgan fingerprint density at radius 2 is 1.87 bits per heavy atom. The summed E-state index contributed by atoms with van der Waals surface area (Å²) in [5.41, 5.74) is 4.06. The maximum Gasteiger partial charge on any atom is 0.165 e. The molecule has 5 nitrogen and oxygen atoms in total. The van der Waals surface area contributed by atoms with Crippen LogP contribution in [-0.4, -0.2) is 53.1 Å². The van der Waals surface area contributed by atoms with Crippen LogP contribution < -0.4 is 4.74 Å². The first-order valence-corrected chi connectivity index (χ1v) is 14.8. The molecule has 5 heteroatoms. The summed E-state index contributed by atoms with van der Waals surface area (Å²) in [5, 5.41) is 23.7. The molecule has 202 valence electrons. The lowest BCUT2D eigenvalue weighted by Gasteiger charge is -2.75. The van der Waals surface area contributed by atoms with E-state index in [4.69, 9.17) is 9.47 Å². The Hall–Kier alpha value is -2.08. The van der Waals surface area contributed by atoms with Crippen molar-refractivity contribution < 1.29 is 19.7 Å². The summed E-state index contributed by atoms with van der Waals surface area (Å²) >= 11 is 0. The second-order valence-electron chi connectivity index (χ2n) is 13.9. The van der Waals surface area contributed by atoms with Crippen molar-refractivity contribution in [1.29, 1.82) is 0 Å². The zero-order valence-corrected chi connectivity index (χ0v) is 23.2. The van der Waals surface area contributed by atoms with Crippen LogP contribution in [0.2, 0.25) is 0 Å². The molecule has 5 aliphatic carbocycles. The van der Waals surface area contributed by atoms with E-state index in [-0.39, 0.29) is 28.6 Å². The molecule has 9 rings (SSSR count). The Morgan fingerprint density at radius 3 is 2.58 bits per heavy atom. The van der Waals surface area contributed by atoms with E-state index in [1.54, 1.807) is 0 Å². The highest BCUT2D eigenvalue weighted by Gasteiger charge is 2.82. The van der Waals surface area contributed by atoms with E-state index in [9.17, 15) is 10.2 Å². The lowest BCUT2D eigenvalue weighted by Crippen LogP contribution is -2.82. The van der Waals surface area contributed by atoms with E-state index in [1.165, 1.54) is 41.6 Å². The molecule has 0 aromatic heterocycles. The zero-order valence-electron chi connectivity index (χ0n) is 23.2. The van der Waals surface area contributed by atoms with Crippen LogP contribution in [0, 0.1) is 31.1 Å². The van der Waals surface area contributed by atoms with Gasteiger partial charge in [0.15, 0.2) is 11.5 Å². The normalized spacial score (nSPS) is 40.0. The van der Waals surface area contributed by atoms with Crippen LogP contribution >= 0.6 is 0 Å². The topological polar surface area (TPSA) is 62.2 Å². The van der Waals surface area contributed by atoms with Gasteiger partial charge in [0.05, 0.1) is 5.60 Å². The van der Waals surface area contributed by atoms with Gasteiger partial charge in [0.25, 0.3) is 0 Å². The molecule has 2 unspecified atom stereocenters. The van der Waals surface area contributed by atoms with E-state index < -0.39 is 11.2 Å². The van der Waals surface area contributed by atoms with Gasteiger partial charge in [0.1, 0.15) is 11.7 Å². The fourth-order valence-corrected chi connectivity index (χ4v) is 10.5. The monoisotopic (exact) mass is 515 g/mol. The van der Waals surface area contributed by atoms with Gasteiger partial charge in [-0.3, -0.25) is 4.90 Å². The molecule has 2 aromatic carbocycles. The molecule has 0 radical (unpaired) electrons. The molecule has 5 fully saturated rings. The summed E-state index contributed by atoms with van der Waals surface area (Å²) in [6.45, 7) is 8.52. The van der Waals surface area contributed by atoms with Crippen molar-refractivity contribution in [1.82, 2.24) is 4.90 Å². The number of hydrogen-bond acceptors (Lipinski definition) is 5. The van der Waals surface area contributed by atoms with Crippen molar-refractivity contribution in [2.45, 2.75) is 94.5 Å². The Balaban J connectivity index is 1.35. The third-order valence-electron chi connectivity index (χ3n) is 12.1. The largest absolute Gasteiger partial charge is 0.504 e. The van der Waals surface area contributed by atoms with Crippen molar-refractivity contribution in [3.05, 3.63) is 58.1 Å². The average Bonchev–Trinajstić information content (AvgIpc) is 3.63. The highest BCUT2D eigenvalue weighted by atomic mass is 16.6. The summed E-state index contributed by atoms with van der Waals surface area (Å²) in [6, 6.07) is 10.9. The lowest BCUT2D eigenvalue weighted by atomic mass is 9.33. The molecular formula is C33H41NO4. The maximum absolute atomic E-state index is 12.6. The van der Waals surface area contributed by atoms with E-state index in [1.807, 2.05) is 20.1 Å². The second-order valence-corrected chi connectivity index (χ2v) is 13.9. The number of fused-ring (bicyclic) bond motifs is 2. The van der Waals surface area contributed by atoms with Gasteiger partial charge in [-0.25, -0.2) is 0 Å². The van der Waals surface area contributed by atoms with Crippen molar-refractivity contribution in [2.75, 3.05) is 20.2 Å². The summed E-state index contributed by atoms with van der Waals surface area (Å²) in [7, 11) is 1.83. The minimum absolute atomic E-state index is 0.00927. The molecule has 1 saturated heterocycles. The fraction of sp³-hybridized carbons (Fsp3) is 0.636. The molecular weight excluding hydrogens is 474 g/mol. The van der Waals surface area contributed by atoms with Gasteiger partial charge in [0, 0.05) is 42.0 Å². The SMILES string of the molecule is CO[C@]12CCC3(C[C@@H]1[C@](C)(O)c1cc(C)cc(C)c1)C1Cc4ccc(O)c5c4[C@@]3(CCN1CC1CC1)[C@@H]2O5. The van der Waals surface area contributed by atoms with Crippen molar-refractivity contribution in [3.8, 4) is 11.5 Å². The highest BCUT2D eigenvalue weighted by molar-refractivity contribution is 5.63. The second kappa shape index (κ2) is 7.35. The van der Waals surface area contributed by atoms with Gasteiger partial charge in [-0.1, -0.05) is 35.4 Å². The molecule has 4 saturated carbocycles. The Labute approximate surface area is 226 Å². The molecule has 2 heterocycles. The predicted octanol–water partition coefficient (Wildman–Crippen LogP) is 5.14. The number of aromatic hydroxyl groups is 1. The number of rotatable bonds is 5.